The van der Waals surface area contributed by atoms with Crippen LogP contribution in [-0.2, 0) is 17.7 Å². The van der Waals surface area contributed by atoms with Crippen LogP contribution in [0.15, 0.2) is 71.3 Å². The highest BCUT2D eigenvalue weighted by Crippen LogP contribution is 2.25. The molecule has 1 aromatic heterocycles. The Labute approximate surface area is 165 Å². The van der Waals surface area contributed by atoms with Crippen molar-refractivity contribution in [2.24, 2.45) is 0 Å². The van der Waals surface area contributed by atoms with Crippen molar-refractivity contribution in [1.29, 1.82) is 0 Å². The molecule has 0 unspecified atom stereocenters. The van der Waals surface area contributed by atoms with Crippen molar-refractivity contribution in [2.75, 3.05) is 6.54 Å². The van der Waals surface area contributed by atoms with E-state index < -0.39 is 6.10 Å². The molecule has 5 heteroatoms. The van der Waals surface area contributed by atoms with Gasteiger partial charge in [0.25, 0.3) is 0 Å². The van der Waals surface area contributed by atoms with Crippen LogP contribution < -0.4 is 5.32 Å². The molecule has 0 saturated carbocycles. The van der Waals surface area contributed by atoms with Crippen molar-refractivity contribution in [2.45, 2.75) is 44.1 Å². The van der Waals surface area contributed by atoms with E-state index in [4.69, 9.17) is 9.26 Å². The number of nitrogens with one attached hydrogen (secondary N) is 1. The van der Waals surface area contributed by atoms with E-state index in [1.807, 2.05) is 54.6 Å². The number of rotatable bonds is 7. The molecule has 1 fully saturated rings. The molecule has 2 heterocycles. The predicted octanol–water partition coefficient (Wildman–Crippen LogP) is 3.58. The molecule has 1 aliphatic rings. The Morgan fingerprint density at radius 3 is 2.54 bits per heavy atom. The molecular weight excluding hydrogens is 352 g/mol. The lowest BCUT2D eigenvalue weighted by Crippen LogP contribution is -2.45. The fraction of sp³-hybridized carbons (Fsp3) is 0.348. The fourth-order valence-corrected chi connectivity index (χ4v) is 3.62. The summed E-state index contributed by atoms with van der Waals surface area (Å²) in [6.45, 7) is 1.39. The first-order valence-corrected chi connectivity index (χ1v) is 9.87. The van der Waals surface area contributed by atoms with Crippen molar-refractivity contribution in [3.05, 3.63) is 78.0 Å². The van der Waals surface area contributed by atoms with Gasteiger partial charge in [-0.25, -0.2) is 0 Å². The second-order valence-corrected chi connectivity index (χ2v) is 7.31. The Hall–Kier alpha value is -2.47. The molecule has 146 valence electrons. The molecule has 28 heavy (non-hydrogen) atoms. The minimum absolute atomic E-state index is 0.0423. The van der Waals surface area contributed by atoms with Gasteiger partial charge in [-0.15, -0.1) is 0 Å². The Kier molecular flexibility index (Phi) is 6.17. The number of aromatic nitrogens is 1. The van der Waals surface area contributed by atoms with Crippen molar-refractivity contribution in [3.8, 4) is 11.3 Å². The molecule has 0 amide bonds. The number of aliphatic hydroxyl groups excluding tert-OH is 1. The summed E-state index contributed by atoms with van der Waals surface area (Å²) in [6.07, 6.45) is 1.66. The van der Waals surface area contributed by atoms with E-state index in [1.54, 1.807) is 0 Å². The van der Waals surface area contributed by atoms with Crippen molar-refractivity contribution in [3.63, 3.8) is 0 Å². The molecular formula is C23H26N2O3. The molecule has 5 nitrogen and oxygen atoms in total. The molecule has 0 bridgehead atoms. The minimum Gasteiger partial charge on any atom is -0.390 e. The van der Waals surface area contributed by atoms with Gasteiger partial charge in [0.15, 0.2) is 5.76 Å². The van der Waals surface area contributed by atoms with E-state index in [0.717, 1.165) is 36.4 Å². The third kappa shape index (κ3) is 4.87. The fourth-order valence-electron chi connectivity index (χ4n) is 3.62. The second-order valence-electron chi connectivity index (χ2n) is 7.31. The van der Waals surface area contributed by atoms with E-state index in [1.165, 1.54) is 5.56 Å². The van der Waals surface area contributed by atoms with Gasteiger partial charge in [-0.1, -0.05) is 65.8 Å². The minimum atomic E-state index is -0.434. The first-order chi connectivity index (χ1) is 13.8. The van der Waals surface area contributed by atoms with E-state index >= 15 is 0 Å². The van der Waals surface area contributed by atoms with Crippen LogP contribution in [0.25, 0.3) is 11.3 Å². The summed E-state index contributed by atoms with van der Waals surface area (Å²) in [5, 5.41) is 17.9. The SMILES string of the molecule is O[C@H]1CC[C@@H](Cc2cc(-c3ccccc3)on2)O[C@@H]1CNCc1ccccc1. The normalized spacial score (nSPS) is 22.2. The third-order valence-electron chi connectivity index (χ3n) is 5.15. The maximum absolute atomic E-state index is 10.3. The second kappa shape index (κ2) is 9.15. The maximum Gasteiger partial charge on any atom is 0.167 e. The van der Waals surface area contributed by atoms with Gasteiger partial charge in [-0.3, -0.25) is 0 Å². The smallest absolute Gasteiger partial charge is 0.167 e. The van der Waals surface area contributed by atoms with Gasteiger partial charge in [0, 0.05) is 31.1 Å². The molecule has 1 saturated heterocycles. The largest absolute Gasteiger partial charge is 0.390 e. The number of hydrogen-bond acceptors (Lipinski definition) is 5. The van der Waals surface area contributed by atoms with Crippen molar-refractivity contribution >= 4 is 0 Å². The summed E-state index contributed by atoms with van der Waals surface area (Å²) in [5.74, 6) is 0.771. The summed E-state index contributed by atoms with van der Waals surface area (Å²) >= 11 is 0. The van der Waals surface area contributed by atoms with Gasteiger partial charge >= 0.3 is 0 Å². The summed E-state index contributed by atoms with van der Waals surface area (Å²) in [6, 6.07) is 22.2. The lowest BCUT2D eigenvalue weighted by Gasteiger charge is -2.34. The molecule has 3 aromatic rings. The van der Waals surface area contributed by atoms with Crippen LogP contribution in [0.5, 0.6) is 0 Å². The van der Waals surface area contributed by atoms with E-state index in [9.17, 15) is 5.11 Å². The zero-order valence-electron chi connectivity index (χ0n) is 15.8. The summed E-state index contributed by atoms with van der Waals surface area (Å²) in [7, 11) is 0. The highest BCUT2D eigenvalue weighted by molar-refractivity contribution is 5.56. The lowest BCUT2D eigenvalue weighted by molar-refractivity contribution is -0.115. The van der Waals surface area contributed by atoms with Crippen LogP contribution in [-0.4, -0.2) is 35.1 Å². The maximum atomic E-state index is 10.3. The van der Waals surface area contributed by atoms with Crippen LogP contribution in [0, 0.1) is 0 Å². The highest BCUT2D eigenvalue weighted by atomic mass is 16.5. The zero-order chi connectivity index (χ0) is 19.2. The van der Waals surface area contributed by atoms with Gasteiger partial charge in [0.05, 0.1) is 24.0 Å². The van der Waals surface area contributed by atoms with Crippen LogP contribution in [0.1, 0.15) is 24.1 Å². The third-order valence-corrected chi connectivity index (χ3v) is 5.15. The van der Waals surface area contributed by atoms with Crippen LogP contribution >= 0.6 is 0 Å². The lowest BCUT2D eigenvalue weighted by atomic mass is 9.98. The quantitative estimate of drug-likeness (QED) is 0.658. The van der Waals surface area contributed by atoms with Crippen LogP contribution in [0.2, 0.25) is 0 Å². The molecule has 0 aliphatic carbocycles. The van der Waals surface area contributed by atoms with Gasteiger partial charge in [-0.2, -0.15) is 0 Å². The van der Waals surface area contributed by atoms with Crippen molar-refractivity contribution in [1.82, 2.24) is 10.5 Å². The van der Waals surface area contributed by atoms with Crippen LogP contribution in [0.4, 0.5) is 0 Å². The van der Waals surface area contributed by atoms with Gasteiger partial charge in [-0.05, 0) is 18.4 Å². The molecule has 3 atom stereocenters. The van der Waals surface area contributed by atoms with E-state index in [0.29, 0.717) is 13.0 Å². The Morgan fingerprint density at radius 1 is 1.00 bits per heavy atom. The first-order valence-electron chi connectivity index (χ1n) is 9.87. The summed E-state index contributed by atoms with van der Waals surface area (Å²) in [5.41, 5.74) is 3.13. The van der Waals surface area contributed by atoms with Crippen molar-refractivity contribution < 1.29 is 14.4 Å². The number of aliphatic hydroxyl groups is 1. The zero-order valence-corrected chi connectivity index (χ0v) is 15.8. The number of hydrogen-bond donors (Lipinski definition) is 2. The molecule has 2 aromatic carbocycles. The Balaban J connectivity index is 1.30. The highest BCUT2D eigenvalue weighted by Gasteiger charge is 2.30. The Morgan fingerprint density at radius 2 is 1.75 bits per heavy atom. The van der Waals surface area contributed by atoms with E-state index in [2.05, 4.69) is 22.6 Å². The average molecular weight is 378 g/mol. The molecule has 0 spiro atoms. The molecule has 1 aliphatic heterocycles. The number of nitrogens with zero attached hydrogens (tertiary/aromatic N) is 1. The first kappa shape index (κ1) is 18.9. The summed E-state index contributed by atoms with van der Waals surface area (Å²) < 4.78 is 11.6. The van der Waals surface area contributed by atoms with Gasteiger partial charge in [0.1, 0.15) is 0 Å². The van der Waals surface area contributed by atoms with Gasteiger partial charge in [0.2, 0.25) is 0 Å². The van der Waals surface area contributed by atoms with Gasteiger partial charge < -0.3 is 19.7 Å². The Bertz CT molecular complexity index is 851. The number of benzene rings is 2. The molecule has 0 radical (unpaired) electrons. The summed E-state index contributed by atoms with van der Waals surface area (Å²) in [4.78, 5) is 0. The predicted molar refractivity (Wildman–Crippen MR) is 108 cm³/mol. The standard InChI is InChI=1S/C23H26N2O3/c26-21-12-11-20(27-23(21)16-24-15-17-7-3-1-4-8-17)13-19-14-22(28-25-19)18-9-5-2-6-10-18/h1-10,14,20-21,23-24,26H,11-13,15-16H2/t20-,21-,23+/m0/s1. The monoisotopic (exact) mass is 378 g/mol. The van der Waals surface area contributed by atoms with Crippen LogP contribution in [0.3, 0.4) is 0 Å². The molecule has 4 rings (SSSR count). The average Bonchev–Trinajstić information content (AvgIpc) is 3.20. The molecule has 2 N–H and O–H groups in total. The number of ether oxygens (including phenoxy) is 1. The topological polar surface area (TPSA) is 67.5 Å². The van der Waals surface area contributed by atoms with E-state index in [-0.39, 0.29) is 12.2 Å².